The molecule has 0 spiro atoms. The van der Waals surface area contributed by atoms with Gasteiger partial charge in [0.05, 0.1) is 24.5 Å². The molecule has 0 amide bonds. The molecule has 0 aliphatic carbocycles. The molecule has 0 saturated heterocycles. The zero-order chi connectivity index (χ0) is 13.4. The van der Waals surface area contributed by atoms with E-state index in [2.05, 4.69) is 0 Å². The van der Waals surface area contributed by atoms with Gasteiger partial charge in [0, 0.05) is 4.90 Å². The third-order valence-electron chi connectivity index (χ3n) is 2.31. The Balaban J connectivity index is 2.51. The van der Waals surface area contributed by atoms with Crippen molar-refractivity contribution in [2.75, 3.05) is 19.5 Å². The minimum absolute atomic E-state index is 0.114. The smallest absolute Gasteiger partial charge is 0.318 e. The molecular weight excluding hydrogens is 252 g/mol. The van der Waals surface area contributed by atoms with Crippen LogP contribution in [-0.4, -0.2) is 29.6 Å². The average molecular weight is 270 g/mol. The molecule has 18 heavy (non-hydrogen) atoms. The molecule has 1 rings (SSSR count). The molecule has 1 unspecified atom stereocenters. The molecule has 1 atom stereocenters. The van der Waals surface area contributed by atoms with Crippen molar-refractivity contribution < 1.29 is 18.5 Å². The third-order valence-corrected chi connectivity index (χ3v) is 3.59. The molecule has 5 heteroatoms. The van der Waals surface area contributed by atoms with Crippen LogP contribution in [-0.2, 0) is 20.3 Å². The summed E-state index contributed by atoms with van der Waals surface area (Å²) in [6.45, 7) is 2.41. The Kier molecular flexibility index (Phi) is 6.43. The number of unbranched alkanes of at least 4 members (excludes halogenated alkanes) is 1. The molecule has 100 valence electrons. The predicted octanol–water partition coefficient (Wildman–Crippen LogP) is 2.15. The second-order valence-corrected chi connectivity index (χ2v) is 5.19. The van der Waals surface area contributed by atoms with Gasteiger partial charge in [0.25, 0.3) is 0 Å². The fourth-order valence-corrected chi connectivity index (χ4v) is 2.25. The predicted molar refractivity (Wildman–Crippen MR) is 70.1 cm³/mol. The number of carbonyl (C=O) groups is 1. The van der Waals surface area contributed by atoms with Crippen molar-refractivity contribution in [3.63, 3.8) is 0 Å². The lowest BCUT2D eigenvalue weighted by atomic mass is 10.3. The summed E-state index contributed by atoms with van der Waals surface area (Å²) in [5.74, 6) is 0.0847. The van der Waals surface area contributed by atoms with Crippen molar-refractivity contribution in [1.82, 2.24) is 0 Å². The van der Waals surface area contributed by atoms with Crippen LogP contribution in [0.1, 0.15) is 19.8 Å². The zero-order valence-electron chi connectivity index (χ0n) is 10.7. The zero-order valence-corrected chi connectivity index (χ0v) is 11.5. The van der Waals surface area contributed by atoms with Crippen LogP contribution in [0, 0.1) is 0 Å². The van der Waals surface area contributed by atoms with Crippen LogP contribution in [0.25, 0.3) is 0 Å². The quantitative estimate of drug-likeness (QED) is 0.562. The third kappa shape index (κ3) is 4.87. The summed E-state index contributed by atoms with van der Waals surface area (Å²) in [6.07, 6.45) is 1.80. The van der Waals surface area contributed by atoms with Crippen molar-refractivity contribution in [2.45, 2.75) is 24.7 Å². The van der Waals surface area contributed by atoms with E-state index in [1.54, 1.807) is 31.4 Å². The van der Waals surface area contributed by atoms with Gasteiger partial charge < -0.3 is 9.47 Å². The Bertz CT molecular complexity index is 417. The summed E-state index contributed by atoms with van der Waals surface area (Å²) >= 11 is 0. The van der Waals surface area contributed by atoms with E-state index in [-0.39, 0.29) is 5.75 Å². The van der Waals surface area contributed by atoms with E-state index >= 15 is 0 Å². The first-order chi connectivity index (χ1) is 8.67. The average Bonchev–Trinajstić information content (AvgIpc) is 2.39. The van der Waals surface area contributed by atoms with Gasteiger partial charge in [-0.3, -0.25) is 9.00 Å². The monoisotopic (exact) mass is 270 g/mol. The Hall–Kier alpha value is -1.36. The van der Waals surface area contributed by atoms with E-state index in [1.165, 1.54) is 0 Å². The second kappa shape index (κ2) is 7.87. The molecule has 1 aromatic carbocycles. The van der Waals surface area contributed by atoms with Gasteiger partial charge in [-0.2, -0.15) is 0 Å². The molecule has 0 radical (unpaired) electrons. The van der Waals surface area contributed by atoms with Gasteiger partial charge in [-0.1, -0.05) is 19.4 Å². The van der Waals surface area contributed by atoms with Crippen LogP contribution >= 0.6 is 0 Å². The number of hydrogen-bond donors (Lipinski definition) is 0. The van der Waals surface area contributed by atoms with Crippen molar-refractivity contribution >= 4 is 16.8 Å². The number of esters is 1. The van der Waals surface area contributed by atoms with Crippen LogP contribution in [0.2, 0.25) is 0 Å². The maximum Gasteiger partial charge on any atom is 0.318 e. The lowest BCUT2D eigenvalue weighted by Crippen LogP contribution is -2.15. The maximum atomic E-state index is 11.9. The molecule has 0 fully saturated rings. The summed E-state index contributed by atoms with van der Waals surface area (Å²) in [6, 6.07) is 6.88. The minimum Gasteiger partial charge on any atom is -0.497 e. The van der Waals surface area contributed by atoms with Crippen molar-refractivity contribution in [2.24, 2.45) is 0 Å². The SMILES string of the molecule is CCCCOC(=O)CS(=O)c1cccc(OC)c1. The van der Waals surface area contributed by atoms with E-state index in [0.29, 0.717) is 17.3 Å². The number of rotatable bonds is 7. The van der Waals surface area contributed by atoms with Gasteiger partial charge >= 0.3 is 5.97 Å². The van der Waals surface area contributed by atoms with Crippen molar-refractivity contribution in [3.05, 3.63) is 24.3 Å². The van der Waals surface area contributed by atoms with Crippen LogP contribution in [0.3, 0.4) is 0 Å². The molecular formula is C13H18O4S. The van der Waals surface area contributed by atoms with E-state index in [4.69, 9.17) is 9.47 Å². The standard InChI is InChI=1S/C13H18O4S/c1-3-4-8-17-13(14)10-18(15)12-7-5-6-11(9-12)16-2/h5-7,9H,3-4,8,10H2,1-2H3. The van der Waals surface area contributed by atoms with Crippen LogP contribution < -0.4 is 4.74 Å². The Morgan fingerprint density at radius 2 is 2.17 bits per heavy atom. The van der Waals surface area contributed by atoms with Crippen LogP contribution in [0.5, 0.6) is 5.75 Å². The van der Waals surface area contributed by atoms with Crippen LogP contribution in [0.15, 0.2) is 29.2 Å². The van der Waals surface area contributed by atoms with Crippen molar-refractivity contribution in [3.8, 4) is 5.75 Å². The molecule has 0 bridgehead atoms. The highest BCUT2D eigenvalue weighted by molar-refractivity contribution is 7.85. The van der Waals surface area contributed by atoms with E-state index in [9.17, 15) is 9.00 Å². The highest BCUT2D eigenvalue weighted by Gasteiger charge is 2.11. The molecule has 1 aromatic rings. The maximum absolute atomic E-state index is 11.9. The summed E-state index contributed by atoms with van der Waals surface area (Å²) in [4.78, 5) is 12.0. The van der Waals surface area contributed by atoms with E-state index in [1.807, 2.05) is 6.92 Å². The molecule has 4 nitrogen and oxygen atoms in total. The lowest BCUT2D eigenvalue weighted by Gasteiger charge is -2.05. The molecule has 0 saturated carbocycles. The fraction of sp³-hybridized carbons (Fsp3) is 0.462. The number of carbonyl (C=O) groups excluding carboxylic acids is 1. The molecule has 0 heterocycles. The summed E-state index contributed by atoms with van der Waals surface area (Å²) in [5, 5.41) is 0. The lowest BCUT2D eigenvalue weighted by molar-refractivity contribution is -0.140. The summed E-state index contributed by atoms with van der Waals surface area (Å²) in [7, 11) is 0.157. The van der Waals surface area contributed by atoms with E-state index in [0.717, 1.165) is 12.8 Å². The molecule has 0 aliphatic heterocycles. The molecule has 0 N–H and O–H groups in total. The van der Waals surface area contributed by atoms with Crippen LogP contribution in [0.4, 0.5) is 0 Å². The summed E-state index contributed by atoms with van der Waals surface area (Å²) < 4.78 is 21.9. The van der Waals surface area contributed by atoms with Gasteiger partial charge in [0.15, 0.2) is 0 Å². The number of methoxy groups -OCH3 is 1. The first-order valence-electron chi connectivity index (χ1n) is 5.85. The first-order valence-corrected chi connectivity index (χ1v) is 7.17. The fourth-order valence-electron chi connectivity index (χ4n) is 1.31. The summed E-state index contributed by atoms with van der Waals surface area (Å²) in [5.41, 5.74) is 0. The van der Waals surface area contributed by atoms with Gasteiger partial charge in [0.2, 0.25) is 0 Å². The van der Waals surface area contributed by atoms with Gasteiger partial charge in [0.1, 0.15) is 11.5 Å². The molecule has 0 aromatic heterocycles. The highest BCUT2D eigenvalue weighted by atomic mass is 32.2. The molecule has 0 aliphatic rings. The Morgan fingerprint density at radius 1 is 1.39 bits per heavy atom. The Labute approximate surface area is 110 Å². The number of hydrogen-bond acceptors (Lipinski definition) is 4. The van der Waals surface area contributed by atoms with E-state index < -0.39 is 16.8 Å². The number of ether oxygens (including phenoxy) is 2. The first kappa shape index (κ1) is 14.7. The topological polar surface area (TPSA) is 52.6 Å². The largest absolute Gasteiger partial charge is 0.497 e. The van der Waals surface area contributed by atoms with Crippen molar-refractivity contribution in [1.29, 1.82) is 0 Å². The normalized spacial score (nSPS) is 11.9. The minimum atomic E-state index is -1.39. The number of benzene rings is 1. The highest BCUT2D eigenvalue weighted by Crippen LogP contribution is 2.15. The Morgan fingerprint density at radius 3 is 2.83 bits per heavy atom. The second-order valence-electron chi connectivity index (χ2n) is 3.74. The van der Waals surface area contributed by atoms with Gasteiger partial charge in [-0.25, -0.2) is 0 Å². The van der Waals surface area contributed by atoms with Gasteiger partial charge in [-0.05, 0) is 24.6 Å². The van der Waals surface area contributed by atoms with Gasteiger partial charge in [-0.15, -0.1) is 0 Å².